The fraction of sp³-hybridized carbons (Fsp3) is 0.300. The van der Waals surface area contributed by atoms with Crippen LogP contribution in [0.3, 0.4) is 0 Å². The molecule has 0 saturated carbocycles. The van der Waals surface area contributed by atoms with Crippen molar-refractivity contribution in [1.82, 2.24) is 9.55 Å². The maximum Gasteiger partial charge on any atom is 0.354 e. The molecule has 0 spiro atoms. The Hall–Kier alpha value is -2.40. The van der Waals surface area contributed by atoms with Crippen molar-refractivity contribution in [3.05, 3.63) is 60.0 Å². The van der Waals surface area contributed by atoms with Crippen molar-refractivity contribution in [2.45, 2.75) is 33.1 Å². The summed E-state index contributed by atoms with van der Waals surface area (Å²) in [4.78, 5) is 16.9. The van der Waals surface area contributed by atoms with Crippen LogP contribution >= 0.6 is 0 Å². The molecule has 25 heavy (non-hydrogen) atoms. The highest BCUT2D eigenvalue weighted by molar-refractivity contribution is 6.88. The summed E-state index contributed by atoms with van der Waals surface area (Å²) in [5.41, 5.74) is 2.56. The smallest absolute Gasteiger partial charge is 0.354 e. The van der Waals surface area contributed by atoms with Crippen LogP contribution in [0.15, 0.2) is 48.7 Å². The quantitative estimate of drug-likeness (QED) is 0.518. The number of hydrogen-bond donors (Lipinski definition) is 0. The summed E-state index contributed by atoms with van der Waals surface area (Å²) in [6.45, 7) is 9.72. The highest BCUT2D eigenvalue weighted by Crippen LogP contribution is 2.22. The number of nitrogens with zero attached hydrogens (tertiary/aromatic N) is 2. The van der Waals surface area contributed by atoms with Gasteiger partial charge in [-0.05, 0) is 31.2 Å². The Bertz CT molecular complexity index is 895. The monoisotopic (exact) mass is 352 g/mol. The van der Waals surface area contributed by atoms with Gasteiger partial charge in [0.15, 0.2) is 0 Å². The minimum atomic E-state index is -1.44. The maximum absolute atomic E-state index is 12.5. The molecule has 0 atom stereocenters. The predicted octanol–water partition coefficient (Wildman–Crippen LogP) is 3.81. The van der Waals surface area contributed by atoms with Crippen molar-refractivity contribution >= 4 is 30.1 Å². The number of fused-ring (bicyclic) bond motifs is 1. The Balaban J connectivity index is 2.16. The lowest BCUT2D eigenvalue weighted by Gasteiger charge is -2.17. The van der Waals surface area contributed by atoms with Gasteiger partial charge in [0.2, 0.25) is 0 Å². The number of pyridine rings is 1. The molecule has 2 aromatic heterocycles. The lowest BCUT2D eigenvalue weighted by atomic mass is 10.2. The van der Waals surface area contributed by atoms with Crippen LogP contribution in [0.5, 0.6) is 0 Å². The van der Waals surface area contributed by atoms with E-state index in [0.717, 1.165) is 16.6 Å². The number of aromatic nitrogens is 2. The van der Waals surface area contributed by atoms with E-state index in [1.54, 1.807) is 6.20 Å². The van der Waals surface area contributed by atoms with E-state index in [2.05, 4.69) is 42.8 Å². The second kappa shape index (κ2) is 6.84. The number of ether oxygens (including phenoxy) is 1. The summed E-state index contributed by atoms with van der Waals surface area (Å²) in [6, 6.07) is 14.3. The van der Waals surface area contributed by atoms with Crippen molar-refractivity contribution in [1.29, 1.82) is 0 Å². The highest BCUT2D eigenvalue weighted by atomic mass is 28.3. The first-order chi connectivity index (χ1) is 11.9. The van der Waals surface area contributed by atoms with E-state index >= 15 is 0 Å². The van der Waals surface area contributed by atoms with Crippen molar-refractivity contribution in [2.75, 3.05) is 6.61 Å². The molecule has 0 aliphatic heterocycles. The molecule has 0 fully saturated rings. The molecule has 0 bridgehead atoms. The SMILES string of the molecule is CCOC(=O)c1cc2ccc([Si](C)(C)C)cc2n1Cc1ccccn1. The molecule has 130 valence electrons. The second-order valence-electron chi connectivity index (χ2n) is 7.18. The van der Waals surface area contributed by atoms with Crippen molar-refractivity contribution < 1.29 is 9.53 Å². The number of rotatable bonds is 5. The van der Waals surface area contributed by atoms with Crippen LogP contribution in [-0.2, 0) is 11.3 Å². The number of esters is 1. The van der Waals surface area contributed by atoms with Crippen LogP contribution in [0, 0.1) is 0 Å². The fourth-order valence-electron chi connectivity index (χ4n) is 2.92. The van der Waals surface area contributed by atoms with Gasteiger partial charge >= 0.3 is 5.97 Å². The van der Waals surface area contributed by atoms with Crippen molar-refractivity contribution in [3.63, 3.8) is 0 Å². The van der Waals surface area contributed by atoms with Crippen LogP contribution in [-0.4, -0.2) is 30.2 Å². The van der Waals surface area contributed by atoms with Crippen LogP contribution < -0.4 is 5.19 Å². The largest absolute Gasteiger partial charge is 0.461 e. The van der Waals surface area contributed by atoms with Gasteiger partial charge in [0, 0.05) is 17.1 Å². The van der Waals surface area contributed by atoms with Gasteiger partial charge in [-0.2, -0.15) is 0 Å². The first-order valence-electron chi connectivity index (χ1n) is 8.61. The molecule has 0 amide bonds. The Labute approximate surface area is 149 Å². The zero-order chi connectivity index (χ0) is 18.0. The third-order valence-corrected chi connectivity index (χ3v) is 6.34. The van der Waals surface area contributed by atoms with E-state index in [1.165, 1.54) is 5.19 Å². The summed E-state index contributed by atoms with van der Waals surface area (Å²) in [5.74, 6) is -0.288. The second-order valence-corrected chi connectivity index (χ2v) is 12.3. The first-order valence-corrected chi connectivity index (χ1v) is 12.1. The Morgan fingerprint density at radius 1 is 1.16 bits per heavy atom. The maximum atomic E-state index is 12.5. The van der Waals surface area contributed by atoms with Gasteiger partial charge in [-0.15, -0.1) is 0 Å². The molecule has 0 aliphatic carbocycles. The van der Waals surface area contributed by atoms with E-state index in [-0.39, 0.29) is 5.97 Å². The van der Waals surface area contributed by atoms with Crippen LogP contribution in [0.4, 0.5) is 0 Å². The standard InChI is InChI=1S/C20H24N2O2Si/c1-5-24-20(23)19-12-15-9-10-17(25(2,3)4)13-18(15)22(19)14-16-8-6-7-11-21-16/h6-13H,5,14H2,1-4H3. The van der Waals surface area contributed by atoms with Crippen LogP contribution in [0.2, 0.25) is 19.6 Å². The Morgan fingerprint density at radius 3 is 2.60 bits per heavy atom. The zero-order valence-corrected chi connectivity index (χ0v) is 16.2. The molecule has 2 heterocycles. The number of hydrogen-bond acceptors (Lipinski definition) is 3. The minimum Gasteiger partial charge on any atom is -0.461 e. The van der Waals surface area contributed by atoms with Gasteiger partial charge in [-0.1, -0.05) is 43.0 Å². The summed E-state index contributed by atoms with van der Waals surface area (Å²) in [5, 5.41) is 2.43. The zero-order valence-electron chi connectivity index (χ0n) is 15.2. The fourth-order valence-corrected chi connectivity index (χ4v) is 4.07. The van der Waals surface area contributed by atoms with Gasteiger partial charge in [0.05, 0.1) is 26.9 Å². The lowest BCUT2D eigenvalue weighted by molar-refractivity contribution is 0.0515. The van der Waals surface area contributed by atoms with E-state index in [0.29, 0.717) is 18.8 Å². The lowest BCUT2D eigenvalue weighted by Crippen LogP contribution is -2.37. The number of carbonyl (C=O) groups excluding carboxylic acids is 1. The summed E-state index contributed by atoms with van der Waals surface area (Å²) >= 11 is 0. The molecule has 0 radical (unpaired) electrons. The van der Waals surface area contributed by atoms with Gasteiger partial charge in [-0.3, -0.25) is 4.98 Å². The predicted molar refractivity (Wildman–Crippen MR) is 104 cm³/mol. The third-order valence-electron chi connectivity index (χ3n) is 4.30. The topological polar surface area (TPSA) is 44.1 Å². The molecule has 3 rings (SSSR count). The van der Waals surface area contributed by atoms with E-state index in [9.17, 15) is 4.79 Å². The molecule has 0 saturated heterocycles. The van der Waals surface area contributed by atoms with Crippen LogP contribution in [0.25, 0.3) is 10.9 Å². The van der Waals surface area contributed by atoms with Crippen molar-refractivity contribution in [3.8, 4) is 0 Å². The van der Waals surface area contributed by atoms with E-state index in [1.807, 2.05) is 35.8 Å². The summed E-state index contributed by atoms with van der Waals surface area (Å²) in [6.07, 6.45) is 1.78. The summed E-state index contributed by atoms with van der Waals surface area (Å²) < 4.78 is 7.29. The average molecular weight is 353 g/mol. The van der Waals surface area contributed by atoms with Gasteiger partial charge in [-0.25, -0.2) is 4.79 Å². The summed E-state index contributed by atoms with van der Waals surface area (Å²) in [7, 11) is -1.44. The third kappa shape index (κ3) is 3.66. The molecular weight excluding hydrogens is 328 g/mol. The average Bonchev–Trinajstić information content (AvgIpc) is 2.93. The molecule has 1 aromatic carbocycles. The number of benzene rings is 1. The van der Waals surface area contributed by atoms with Crippen LogP contribution in [0.1, 0.15) is 23.1 Å². The molecular formula is C20H24N2O2Si. The van der Waals surface area contributed by atoms with E-state index < -0.39 is 8.07 Å². The first kappa shape index (κ1) is 17.4. The number of carbonyl (C=O) groups is 1. The molecule has 4 nitrogen and oxygen atoms in total. The molecule has 0 N–H and O–H groups in total. The van der Waals surface area contributed by atoms with Crippen molar-refractivity contribution in [2.24, 2.45) is 0 Å². The van der Waals surface area contributed by atoms with Gasteiger partial charge < -0.3 is 9.30 Å². The van der Waals surface area contributed by atoms with Gasteiger partial charge in [0.1, 0.15) is 5.69 Å². The normalized spacial score (nSPS) is 11.7. The van der Waals surface area contributed by atoms with E-state index in [4.69, 9.17) is 4.74 Å². The highest BCUT2D eigenvalue weighted by Gasteiger charge is 2.21. The minimum absolute atomic E-state index is 0.288. The molecule has 3 aromatic rings. The Morgan fingerprint density at radius 2 is 1.96 bits per heavy atom. The van der Waals surface area contributed by atoms with Gasteiger partial charge in [0.25, 0.3) is 0 Å². The molecule has 5 heteroatoms. The Kier molecular flexibility index (Phi) is 4.77. The molecule has 0 aliphatic rings. The molecule has 0 unspecified atom stereocenters.